The standard InChI is InChI=1S/C14H22N2OS/c1-3-12-6-7-13(18-12)14(17)16(2)10-11-5-4-8-15-9-11/h6-7,11,15H,3-5,8-10H2,1-2H3. The maximum atomic E-state index is 12.3. The molecule has 1 saturated heterocycles. The van der Waals surface area contributed by atoms with Crippen molar-refractivity contribution in [3.05, 3.63) is 21.9 Å². The van der Waals surface area contributed by atoms with Crippen LogP contribution >= 0.6 is 11.3 Å². The molecule has 2 rings (SSSR count). The fourth-order valence-corrected chi connectivity index (χ4v) is 3.36. The Balaban J connectivity index is 1.91. The molecule has 0 saturated carbocycles. The van der Waals surface area contributed by atoms with Gasteiger partial charge in [0.1, 0.15) is 0 Å². The summed E-state index contributed by atoms with van der Waals surface area (Å²) in [5, 5.41) is 3.40. The Labute approximate surface area is 113 Å². The molecule has 1 atom stereocenters. The molecular formula is C14H22N2OS. The van der Waals surface area contributed by atoms with Gasteiger partial charge in [0, 0.05) is 18.5 Å². The summed E-state index contributed by atoms with van der Waals surface area (Å²) in [6.07, 6.45) is 3.47. The van der Waals surface area contributed by atoms with Crippen LogP contribution in [0.3, 0.4) is 0 Å². The summed E-state index contributed by atoms with van der Waals surface area (Å²) >= 11 is 1.62. The van der Waals surface area contributed by atoms with Gasteiger partial charge in [0.15, 0.2) is 0 Å². The highest BCUT2D eigenvalue weighted by atomic mass is 32.1. The highest BCUT2D eigenvalue weighted by Crippen LogP contribution is 2.19. The summed E-state index contributed by atoms with van der Waals surface area (Å²) < 4.78 is 0. The lowest BCUT2D eigenvalue weighted by molar-refractivity contribution is 0.0769. The Morgan fingerprint density at radius 2 is 2.39 bits per heavy atom. The Hall–Kier alpha value is -0.870. The SMILES string of the molecule is CCc1ccc(C(=O)N(C)CC2CCCNC2)s1. The Morgan fingerprint density at radius 1 is 1.56 bits per heavy atom. The molecule has 0 aromatic carbocycles. The van der Waals surface area contributed by atoms with Crippen molar-refractivity contribution in [3.8, 4) is 0 Å². The molecule has 0 bridgehead atoms. The number of nitrogens with one attached hydrogen (secondary N) is 1. The number of nitrogens with zero attached hydrogens (tertiary/aromatic N) is 1. The number of amides is 1. The average molecular weight is 266 g/mol. The van der Waals surface area contributed by atoms with Crippen LogP contribution in [0.15, 0.2) is 12.1 Å². The second-order valence-electron chi connectivity index (χ2n) is 5.02. The first-order valence-corrected chi connectivity index (χ1v) is 7.57. The lowest BCUT2D eigenvalue weighted by Gasteiger charge is -2.27. The number of carbonyl (C=O) groups excluding carboxylic acids is 1. The highest BCUT2D eigenvalue weighted by Gasteiger charge is 2.19. The second kappa shape index (κ2) is 6.34. The zero-order chi connectivity index (χ0) is 13.0. The molecule has 0 spiro atoms. The molecule has 0 aliphatic carbocycles. The Kier molecular flexibility index (Phi) is 4.78. The van der Waals surface area contributed by atoms with Gasteiger partial charge in [-0.05, 0) is 50.4 Å². The first kappa shape index (κ1) is 13.6. The van der Waals surface area contributed by atoms with Crippen molar-refractivity contribution in [2.45, 2.75) is 26.2 Å². The predicted molar refractivity (Wildman–Crippen MR) is 76.3 cm³/mol. The molecule has 1 aliphatic heterocycles. The third-order valence-electron chi connectivity index (χ3n) is 3.50. The minimum Gasteiger partial charge on any atom is -0.341 e. The van der Waals surface area contributed by atoms with Crippen LogP contribution in [-0.2, 0) is 6.42 Å². The van der Waals surface area contributed by atoms with Gasteiger partial charge >= 0.3 is 0 Å². The molecule has 0 radical (unpaired) electrons. The lowest BCUT2D eigenvalue weighted by Crippen LogP contribution is -2.38. The number of piperidine rings is 1. The van der Waals surface area contributed by atoms with Crippen LogP contribution in [0.1, 0.15) is 34.3 Å². The number of carbonyl (C=O) groups is 1. The third kappa shape index (κ3) is 3.33. The van der Waals surface area contributed by atoms with Crippen LogP contribution in [0.5, 0.6) is 0 Å². The van der Waals surface area contributed by atoms with Gasteiger partial charge in [-0.2, -0.15) is 0 Å². The van der Waals surface area contributed by atoms with Crippen molar-refractivity contribution in [2.75, 3.05) is 26.7 Å². The van der Waals surface area contributed by atoms with E-state index in [9.17, 15) is 4.79 Å². The number of hydrogen-bond donors (Lipinski definition) is 1. The van der Waals surface area contributed by atoms with Crippen molar-refractivity contribution < 1.29 is 4.79 Å². The van der Waals surface area contributed by atoms with Gasteiger partial charge in [-0.15, -0.1) is 11.3 Å². The van der Waals surface area contributed by atoms with E-state index >= 15 is 0 Å². The number of rotatable bonds is 4. The molecule has 4 heteroatoms. The van der Waals surface area contributed by atoms with Gasteiger partial charge in [0.05, 0.1) is 4.88 Å². The summed E-state index contributed by atoms with van der Waals surface area (Å²) in [5.41, 5.74) is 0. The smallest absolute Gasteiger partial charge is 0.263 e. The van der Waals surface area contributed by atoms with Crippen molar-refractivity contribution in [3.63, 3.8) is 0 Å². The van der Waals surface area contributed by atoms with E-state index in [1.54, 1.807) is 11.3 Å². The highest BCUT2D eigenvalue weighted by molar-refractivity contribution is 7.14. The van der Waals surface area contributed by atoms with Gasteiger partial charge < -0.3 is 10.2 Å². The van der Waals surface area contributed by atoms with Crippen LogP contribution in [0.4, 0.5) is 0 Å². The first-order chi connectivity index (χ1) is 8.70. The molecule has 100 valence electrons. The molecule has 1 N–H and O–H groups in total. The fourth-order valence-electron chi connectivity index (χ4n) is 2.42. The van der Waals surface area contributed by atoms with E-state index in [0.717, 1.165) is 30.9 Å². The maximum Gasteiger partial charge on any atom is 0.263 e. The van der Waals surface area contributed by atoms with E-state index in [4.69, 9.17) is 0 Å². The Morgan fingerprint density at radius 3 is 3.00 bits per heavy atom. The third-order valence-corrected chi connectivity index (χ3v) is 4.72. The van der Waals surface area contributed by atoms with E-state index in [2.05, 4.69) is 18.3 Å². The van der Waals surface area contributed by atoms with Crippen LogP contribution < -0.4 is 5.32 Å². The van der Waals surface area contributed by atoms with Gasteiger partial charge in [-0.25, -0.2) is 0 Å². The first-order valence-electron chi connectivity index (χ1n) is 6.75. The molecule has 2 heterocycles. The van der Waals surface area contributed by atoms with Crippen LogP contribution in [0, 0.1) is 5.92 Å². The lowest BCUT2D eigenvalue weighted by atomic mass is 9.99. The molecule has 1 aliphatic rings. The average Bonchev–Trinajstić information content (AvgIpc) is 2.87. The quantitative estimate of drug-likeness (QED) is 0.907. The molecule has 1 fully saturated rings. The van der Waals surface area contributed by atoms with Crippen LogP contribution in [-0.4, -0.2) is 37.5 Å². The maximum absolute atomic E-state index is 12.3. The monoisotopic (exact) mass is 266 g/mol. The normalized spacial score (nSPS) is 19.8. The van der Waals surface area contributed by atoms with E-state index in [1.165, 1.54) is 17.7 Å². The number of aryl methyl sites for hydroxylation is 1. The van der Waals surface area contributed by atoms with Crippen molar-refractivity contribution >= 4 is 17.2 Å². The molecule has 1 aromatic heterocycles. The van der Waals surface area contributed by atoms with Crippen molar-refractivity contribution in [1.82, 2.24) is 10.2 Å². The zero-order valence-electron chi connectivity index (χ0n) is 11.2. The van der Waals surface area contributed by atoms with E-state index < -0.39 is 0 Å². The number of hydrogen-bond acceptors (Lipinski definition) is 3. The minimum absolute atomic E-state index is 0.172. The van der Waals surface area contributed by atoms with E-state index in [-0.39, 0.29) is 5.91 Å². The molecule has 3 nitrogen and oxygen atoms in total. The van der Waals surface area contributed by atoms with E-state index in [1.807, 2.05) is 18.0 Å². The number of thiophene rings is 1. The van der Waals surface area contributed by atoms with Gasteiger partial charge in [-0.3, -0.25) is 4.79 Å². The van der Waals surface area contributed by atoms with Crippen molar-refractivity contribution in [1.29, 1.82) is 0 Å². The Bertz CT molecular complexity index is 396. The zero-order valence-corrected chi connectivity index (χ0v) is 12.1. The van der Waals surface area contributed by atoms with Crippen molar-refractivity contribution in [2.24, 2.45) is 5.92 Å². The molecule has 1 amide bonds. The molecular weight excluding hydrogens is 244 g/mol. The summed E-state index contributed by atoms with van der Waals surface area (Å²) in [4.78, 5) is 16.3. The van der Waals surface area contributed by atoms with Gasteiger partial charge in [0.25, 0.3) is 5.91 Å². The summed E-state index contributed by atoms with van der Waals surface area (Å²) in [6, 6.07) is 4.02. The summed E-state index contributed by atoms with van der Waals surface area (Å²) in [5.74, 6) is 0.781. The largest absolute Gasteiger partial charge is 0.341 e. The van der Waals surface area contributed by atoms with E-state index in [0.29, 0.717) is 5.92 Å². The van der Waals surface area contributed by atoms with Crippen LogP contribution in [0.2, 0.25) is 0 Å². The summed E-state index contributed by atoms with van der Waals surface area (Å²) in [7, 11) is 1.92. The summed E-state index contributed by atoms with van der Waals surface area (Å²) in [6.45, 7) is 5.16. The van der Waals surface area contributed by atoms with Gasteiger partial charge in [0.2, 0.25) is 0 Å². The molecule has 1 aromatic rings. The second-order valence-corrected chi connectivity index (χ2v) is 6.19. The predicted octanol–water partition coefficient (Wildman–Crippen LogP) is 2.38. The fraction of sp³-hybridized carbons (Fsp3) is 0.643. The molecule has 1 unspecified atom stereocenters. The molecule has 18 heavy (non-hydrogen) atoms. The topological polar surface area (TPSA) is 32.3 Å². The minimum atomic E-state index is 0.172. The van der Waals surface area contributed by atoms with Crippen LogP contribution in [0.25, 0.3) is 0 Å². The van der Waals surface area contributed by atoms with Gasteiger partial charge in [-0.1, -0.05) is 6.92 Å².